The van der Waals surface area contributed by atoms with Crippen LogP contribution in [0.3, 0.4) is 0 Å². The highest BCUT2D eigenvalue weighted by Crippen LogP contribution is 2.30. The average molecular weight is 273 g/mol. The quantitative estimate of drug-likeness (QED) is 0.829. The number of rotatable bonds is 1. The molecule has 3 nitrogen and oxygen atoms in total. The first kappa shape index (κ1) is 14.6. The van der Waals surface area contributed by atoms with Gasteiger partial charge in [0.1, 0.15) is 5.60 Å². The van der Waals surface area contributed by atoms with Crippen LogP contribution in [-0.2, 0) is 4.74 Å². The Balaban J connectivity index is 2.19. The fraction of sp³-hybridized carbons (Fsp3) is 0.471. The van der Waals surface area contributed by atoms with Crippen molar-refractivity contribution in [1.29, 1.82) is 0 Å². The van der Waals surface area contributed by atoms with Crippen LogP contribution < -0.4 is 5.32 Å². The van der Waals surface area contributed by atoms with Crippen LogP contribution in [0.15, 0.2) is 18.2 Å². The summed E-state index contributed by atoms with van der Waals surface area (Å²) in [6, 6.07) is 4.32. The van der Waals surface area contributed by atoms with Crippen molar-refractivity contribution in [1.82, 2.24) is 5.32 Å². The van der Waals surface area contributed by atoms with Crippen molar-refractivity contribution in [2.24, 2.45) is 0 Å². The number of fused-ring (bicyclic) bond motifs is 1. The Hall–Kier alpha value is -1.77. The van der Waals surface area contributed by atoms with E-state index in [1.54, 1.807) is 0 Å². The molecule has 1 aromatic carbocycles. The van der Waals surface area contributed by atoms with E-state index in [4.69, 9.17) is 4.74 Å². The monoisotopic (exact) mass is 273 g/mol. The third kappa shape index (κ3) is 3.41. The molecule has 1 atom stereocenters. The molecule has 0 heterocycles. The molecule has 0 fully saturated rings. The fourth-order valence-electron chi connectivity index (χ4n) is 2.35. The van der Waals surface area contributed by atoms with Crippen LogP contribution in [-0.4, -0.2) is 11.7 Å². The number of carbonyl (C=O) groups excluding carboxylic acids is 1. The number of hydrogen-bond acceptors (Lipinski definition) is 2. The zero-order chi connectivity index (χ0) is 14.9. The number of ether oxygens (including phenoxy) is 1. The molecule has 0 bridgehead atoms. The lowest BCUT2D eigenvalue weighted by molar-refractivity contribution is 0.0503. The fourth-order valence-corrected chi connectivity index (χ4v) is 2.35. The number of aryl methyl sites for hydroxylation is 2. The van der Waals surface area contributed by atoms with Gasteiger partial charge in [-0.15, -0.1) is 0 Å². The molecule has 108 valence electrons. The standard InChI is InChI=1S/C17H23NO2/c1-11-9-13-7-6-8-15(14(13)10-12(11)2)18-16(19)20-17(3,4)5/h6-7,9-10,15H,8H2,1-5H3,(H,18,19)/t15-/m0/s1. The summed E-state index contributed by atoms with van der Waals surface area (Å²) in [6.07, 6.45) is 4.66. The normalized spacial score (nSPS) is 17.6. The Morgan fingerprint density at radius 2 is 1.90 bits per heavy atom. The van der Waals surface area contributed by atoms with Gasteiger partial charge < -0.3 is 10.1 Å². The van der Waals surface area contributed by atoms with Gasteiger partial charge in [-0.1, -0.05) is 24.3 Å². The maximum atomic E-state index is 11.9. The highest BCUT2D eigenvalue weighted by atomic mass is 16.6. The Kier molecular flexibility index (Phi) is 3.89. The van der Waals surface area contributed by atoms with Crippen molar-refractivity contribution in [2.45, 2.75) is 52.7 Å². The van der Waals surface area contributed by atoms with Crippen LogP contribution >= 0.6 is 0 Å². The lowest BCUT2D eigenvalue weighted by atomic mass is 9.89. The second-order valence-electron chi connectivity index (χ2n) is 6.40. The molecular formula is C17H23NO2. The third-order valence-corrected chi connectivity index (χ3v) is 3.43. The Morgan fingerprint density at radius 3 is 2.55 bits per heavy atom. The average Bonchev–Trinajstić information content (AvgIpc) is 2.29. The first-order valence-corrected chi connectivity index (χ1v) is 7.03. The third-order valence-electron chi connectivity index (χ3n) is 3.43. The van der Waals surface area contributed by atoms with Crippen LogP contribution in [0.5, 0.6) is 0 Å². The van der Waals surface area contributed by atoms with E-state index in [1.807, 2.05) is 20.8 Å². The molecule has 0 saturated heterocycles. The summed E-state index contributed by atoms with van der Waals surface area (Å²) in [5, 5.41) is 2.97. The van der Waals surface area contributed by atoms with Crippen LogP contribution in [0.4, 0.5) is 4.79 Å². The summed E-state index contributed by atoms with van der Waals surface area (Å²) in [7, 11) is 0. The minimum Gasteiger partial charge on any atom is -0.444 e. The molecule has 1 amide bonds. The van der Waals surface area contributed by atoms with Gasteiger partial charge in [-0.2, -0.15) is 0 Å². The van der Waals surface area contributed by atoms with Crippen molar-refractivity contribution in [3.05, 3.63) is 40.5 Å². The summed E-state index contributed by atoms with van der Waals surface area (Å²) < 4.78 is 5.34. The highest BCUT2D eigenvalue weighted by molar-refractivity contribution is 5.70. The second kappa shape index (κ2) is 5.31. The van der Waals surface area contributed by atoms with Crippen LogP contribution in [0.2, 0.25) is 0 Å². The van der Waals surface area contributed by atoms with Crippen molar-refractivity contribution in [3.8, 4) is 0 Å². The molecule has 0 unspecified atom stereocenters. The number of benzene rings is 1. The van der Waals surface area contributed by atoms with Crippen LogP contribution in [0, 0.1) is 13.8 Å². The zero-order valence-corrected chi connectivity index (χ0v) is 12.9. The predicted octanol–water partition coefficient (Wildman–Crippen LogP) is 4.29. The van der Waals surface area contributed by atoms with Crippen molar-refractivity contribution >= 4 is 12.2 Å². The number of alkyl carbamates (subject to hydrolysis) is 1. The molecule has 3 heteroatoms. The molecule has 1 aromatic rings. The summed E-state index contributed by atoms with van der Waals surface area (Å²) in [6.45, 7) is 9.81. The van der Waals surface area contributed by atoms with Gasteiger partial charge in [0, 0.05) is 0 Å². The summed E-state index contributed by atoms with van der Waals surface area (Å²) >= 11 is 0. The molecule has 0 saturated carbocycles. The molecule has 1 N–H and O–H groups in total. The maximum absolute atomic E-state index is 11.9. The minimum absolute atomic E-state index is 0.0100. The van der Waals surface area contributed by atoms with Crippen molar-refractivity contribution in [3.63, 3.8) is 0 Å². The van der Waals surface area contributed by atoms with E-state index in [0.717, 1.165) is 6.42 Å². The molecule has 0 radical (unpaired) electrons. The zero-order valence-electron chi connectivity index (χ0n) is 12.9. The molecule has 0 aliphatic heterocycles. The van der Waals surface area contributed by atoms with E-state index in [2.05, 4.69) is 43.4 Å². The van der Waals surface area contributed by atoms with Gasteiger partial charge in [0.2, 0.25) is 0 Å². The molecular weight excluding hydrogens is 250 g/mol. The second-order valence-corrected chi connectivity index (χ2v) is 6.40. The molecule has 1 aliphatic carbocycles. The van der Waals surface area contributed by atoms with E-state index in [9.17, 15) is 4.79 Å². The Labute approximate surface area is 121 Å². The lowest BCUT2D eigenvalue weighted by Gasteiger charge is -2.26. The summed E-state index contributed by atoms with van der Waals surface area (Å²) in [5.41, 5.74) is 4.39. The van der Waals surface area contributed by atoms with Gasteiger partial charge in [-0.25, -0.2) is 4.79 Å². The summed E-state index contributed by atoms with van der Waals surface area (Å²) in [4.78, 5) is 11.9. The van der Waals surface area contributed by atoms with E-state index < -0.39 is 5.60 Å². The molecule has 0 aromatic heterocycles. The van der Waals surface area contributed by atoms with Gasteiger partial charge in [-0.3, -0.25) is 0 Å². The van der Waals surface area contributed by atoms with E-state index in [1.165, 1.54) is 22.3 Å². The number of amides is 1. The van der Waals surface area contributed by atoms with Gasteiger partial charge >= 0.3 is 6.09 Å². The van der Waals surface area contributed by atoms with E-state index >= 15 is 0 Å². The largest absolute Gasteiger partial charge is 0.444 e. The Bertz CT molecular complexity index is 553. The van der Waals surface area contributed by atoms with Gasteiger partial charge in [0.05, 0.1) is 6.04 Å². The maximum Gasteiger partial charge on any atom is 0.408 e. The first-order valence-electron chi connectivity index (χ1n) is 7.03. The predicted molar refractivity (Wildman–Crippen MR) is 81.7 cm³/mol. The molecule has 1 aliphatic rings. The highest BCUT2D eigenvalue weighted by Gasteiger charge is 2.23. The van der Waals surface area contributed by atoms with Crippen molar-refractivity contribution < 1.29 is 9.53 Å². The molecule has 0 spiro atoms. The SMILES string of the molecule is Cc1cc2c(cc1C)[C@@H](NC(=O)OC(C)(C)C)CC=C2. The number of hydrogen-bond donors (Lipinski definition) is 1. The Morgan fingerprint density at radius 1 is 1.25 bits per heavy atom. The van der Waals surface area contributed by atoms with Crippen molar-refractivity contribution in [2.75, 3.05) is 0 Å². The van der Waals surface area contributed by atoms with E-state index in [-0.39, 0.29) is 12.1 Å². The minimum atomic E-state index is -0.472. The van der Waals surface area contributed by atoms with Gasteiger partial charge in [-0.05, 0) is 63.3 Å². The topological polar surface area (TPSA) is 38.3 Å². The van der Waals surface area contributed by atoms with Gasteiger partial charge in [0.25, 0.3) is 0 Å². The van der Waals surface area contributed by atoms with Gasteiger partial charge in [0.15, 0.2) is 0 Å². The first-order chi connectivity index (χ1) is 9.26. The number of carbonyl (C=O) groups is 1. The smallest absolute Gasteiger partial charge is 0.408 e. The molecule has 20 heavy (non-hydrogen) atoms. The molecule has 2 rings (SSSR count). The van der Waals surface area contributed by atoms with Crippen LogP contribution in [0.1, 0.15) is 55.5 Å². The number of nitrogens with one attached hydrogen (secondary N) is 1. The van der Waals surface area contributed by atoms with Crippen LogP contribution in [0.25, 0.3) is 6.08 Å². The summed E-state index contributed by atoms with van der Waals surface area (Å²) in [5.74, 6) is 0. The van der Waals surface area contributed by atoms with E-state index in [0.29, 0.717) is 0 Å². The lowest BCUT2D eigenvalue weighted by Crippen LogP contribution is -2.35.